The van der Waals surface area contributed by atoms with E-state index in [1.807, 2.05) is 13.0 Å². The number of amides is 3. The molecule has 1 atom stereocenters. The van der Waals surface area contributed by atoms with Crippen LogP contribution in [0.2, 0.25) is 0 Å². The molecule has 0 N–H and O–H groups in total. The molecular formula is C31H34N6O6. The molecule has 0 saturated heterocycles. The van der Waals surface area contributed by atoms with E-state index in [0.29, 0.717) is 59.4 Å². The third kappa shape index (κ3) is 5.27. The van der Waals surface area contributed by atoms with E-state index in [9.17, 15) is 28.8 Å². The van der Waals surface area contributed by atoms with Crippen LogP contribution in [0.3, 0.4) is 0 Å². The van der Waals surface area contributed by atoms with Gasteiger partial charge in [0.15, 0.2) is 0 Å². The first kappa shape index (κ1) is 30.7. The van der Waals surface area contributed by atoms with E-state index < -0.39 is 22.6 Å². The Balaban J connectivity index is 2.08. The van der Waals surface area contributed by atoms with Gasteiger partial charge >= 0.3 is 17.1 Å². The van der Waals surface area contributed by atoms with E-state index in [1.165, 1.54) is 14.7 Å². The van der Waals surface area contributed by atoms with Gasteiger partial charge in [-0.15, -0.1) is 0 Å². The van der Waals surface area contributed by atoms with Gasteiger partial charge in [-0.05, 0) is 87.2 Å². The van der Waals surface area contributed by atoms with Gasteiger partial charge in [-0.25, -0.2) is 28.1 Å². The number of carbonyl (C=O) groups is 3. The molecule has 0 radical (unpaired) electrons. The van der Waals surface area contributed by atoms with Crippen molar-refractivity contribution in [1.82, 2.24) is 18.6 Å². The van der Waals surface area contributed by atoms with Crippen molar-refractivity contribution in [2.45, 2.75) is 39.7 Å². The summed E-state index contributed by atoms with van der Waals surface area (Å²) in [6.07, 6.45) is 5.84. The molecule has 2 aromatic carbocycles. The first-order valence-corrected chi connectivity index (χ1v) is 13.5. The van der Waals surface area contributed by atoms with Crippen LogP contribution in [0, 0.1) is 13.8 Å². The lowest BCUT2D eigenvalue weighted by atomic mass is 9.87. The lowest BCUT2D eigenvalue weighted by Gasteiger charge is -2.36. The predicted octanol–water partition coefficient (Wildman–Crippen LogP) is 1.99. The molecule has 1 aliphatic rings. The summed E-state index contributed by atoms with van der Waals surface area (Å²) in [5, 5.41) is 0. The first-order chi connectivity index (χ1) is 20.3. The van der Waals surface area contributed by atoms with E-state index in [4.69, 9.17) is 0 Å². The summed E-state index contributed by atoms with van der Waals surface area (Å²) in [6.45, 7) is 7.00. The van der Waals surface area contributed by atoms with Crippen LogP contribution < -0.4 is 26.9 Å². The Morgan fingerprint density at radius 2 is 1.14 bits per heavy atom. The van der Waals surface area contributed by atoms with Crippen molar-refractivity contribution in [2.24, 2.45) is 0 Å². The van der Waals surface area contributed by atoms with Gasteiger partial charge in [0, 0.05) is 32.5 Å². The van der Waals surface area contributed by atoms with Crippen molar-refractivity contribution in [1.29, 1.82) is 0 Å². The van der Waals surface area contributed by atoms with Crippen LogP contribution in [0.4, 0.5) is 11.4 Å². The molecule has 3 aromatic rings. The third-order valence-electron chi connectivity index (χ3n) is 7.97. The summed E-state index contributed by atoms with van der Waals surface area (Å²) in [7, 11) is 4.81. The summed E-state index contributed by atoms with van der Waals surface area (Å²) in [4.78, 5) is 80.8. The first-order valence-electron chi connectivity index (χ1n) is 13.5. The van der Waals surface area contributed by atoms with E-state index >= 15 is 0 Å². The molecule has 4 rings (SSSR count). The molecule has 12 nitrogen and oxygen atoms in total. The van der Waals surface area contributed by atoms with E-state index in [2.05, 4.69) is 0 Å². The Labute approximate surface area is 248 Å². The van der Waals surface area contributed by atoms with Crippen molar-refractivity contribution in [3.63, 3.8) is 0 Å². The Bertz CT molecular complexity index is 1780. The maximum Gasteiger partial charge on any atom is 0.345 e. The van der Waals surface area contributed by atoms with Gasteiger partial charge < -0.3 is 14.7 Å². The second-order valence-corrected chi connectivity index (χ2v) is 10.9. The van der Waals surface area contributed by atoms with Crippen LogP contribution >= 0.6 is 0 Å². The number of benzene rings is 2. The van der Waals surface area contributed by atoms with Crippen LogP contribution in [-0.2, 0) is 14.4 Å². The smallest absolute Gasteiger partial charge is 0.339 e. The number of hydrogen-bond donors (Lipinski definition) is 0. The summed E-state index contributed by atoms with van der Waals surface area (Å²) in [6, 6.07) is 9.63. The fraction of sp³-hybridized carbons (Fsp3) is 0.290. The maximum atomic E-state index is 14.2. The van der Waals surface area contributed by atoms with Crippen molar-refractivity contribution >= 4 is 36.3 Å². The van der Waals surface area contributed by atoms with Crippen LogP contribution in [0.5, 0.6) is 0 Å². The molecule has 1 aromatic heterocycles. The quantitative estimate of drug-likeness (QED) is 0.353. The zero-order chi connectivity index (χ0) is 31.8. The van der Waals surface area contributed by atoms with Crippen molar-refractivity contribution in [3.8, 4) is 11.4 Å². The minimum atomic E-state index is -0.881. The zero-order valence-corrected chi connectivity index (χ0v) is 25.2. The molecule has 0 fully saturated rings. The number of nitrogens with zero attached hydrogens (tertiary/aromatic N) is 6. The Morgan fingerprint density at radius 1 is 0.698 bits per heavy atom. The standard InChI is InChI=1S/C31H34N6O6/c1-20-14-23(32(5)17-38)8-10-25(20)35-28(41)36(26-11-9-24(15-21(26)2)33(6)18-39)30(43)37(29(35)42)27-12-13-31(4,16-22(27)3)34(7)19-40/h8-12,14-19H,13H2,1-7H3. The van der Waals surface area contributed by atoms with Gasteiger partial charge in [0.25, 0.3) is 0 Å². The highest BCUT2D eigenvalue weighted by molar-refractivity contribution is 5.76. The minimum absolute atomic E-state index is 0.235. The summed E-state index contributed by atoms with van der Waals surface area (Å²) >= 11 is 0. The van der Waals surface area contributed by atoms with Crippen LogP contribution in [0.25, 0.3) is 17.1 Å². The molecule has 1 heterocycles. The van der Waals surface area contributed by atoms with Gasteiger partial charge in [0.2, 0.25) is 19.2 Å². The van der Waals surface area contributed by atoms with Gasteiger partial charge in [0.05, 0.1) is 22.6 Å². The van der Waals surface area contributed by atoms with Crippen LogP contribution in [0.15, 0.2) is 68.5 Å². The highest BCUT2D eigenvalue weighted by Gasteiger charge is 2.31. The molecule has 0 saturated carbocycles. The van der Waals surface area contributed by atoms with E-state index in [0.717, 1.165) is 13.7 Å². The molecule has 1 aliphatic carbocycles. The fourth-order valence-electron chi connectivity index (χ4n) is 5.20. The fourth-order valence-corrected chi connectivity index (χ4v) is 5.20. The number of anilines is 2. The summed E-state index contributed by atoms with van der Waals surface area (Å²) in [5.41, 5.74) is 0.176. The average molecular weight is 587 g/mol. The van der Waals surface area contributed by atoms with Crippen molar-refractivity contribution in [3.05, 3.63) is 96.7 Å². The van der Waals surface area contributed by atoms with Crippen molar-refractivity contribution < 1.29 is 14.4 Å². The Morgan fingerprint density at radius 3 is 1.51 bits per heavy atom. The summed E-state index contributed by atoms with van der Waals surface area (Å²) in [5.74, 6) is 0. The normalized spacial score (nSPS) is 16.2. The molecule has 0 spiro atoms. The second-order valence-electron chi connectivity index (χ2n) is 10.9. The molecular weight excluding hydrogens is 552 g/mol. The lowest BCUT2D eigenvalue weighted by molar-refractivity contribution is -0.120. The summed E-state index contributed by atoms with van der Waals surface area (Å²) < 4.78 is 2.83. The largest absolute Gasteiger partial charge is 0.345 e. The highest BCUT2D eigenvalue weighted by Crippen LogP contribution is 2.31. The molecule has 43 heavy (non-hydrogen) atoms. The molecule has 0 aliphatic heterocycles. The molecule has 0 bridgehead atoms. The lowest BCUT2D eigenvalue weighted by Crippen LogP contribution is -2.54. The SMILES string of the molecule is CC1=CC(C)(N(C)C=O)CC=C1n1c(=O)n(-c2ccc(N(C)C=O)cc2C)c(=O)n(-c2ccc(N(C)C=O)cc2C)c1=O. The maximum absolute atomic E-state index is 14.2. The van der Waals surface area contributed by atoms with Crippen LogP contribution in [0.1, 0.15) is 31.4 Å². The van der Waals surface area contributed by atoms with Gasteiger partial charge in [-0.1, -0.05) is 12.2 Å². The Kier molecular flexibility index (Phi) is 8.25. The van der Waals surface area contributed by atoms with Crippen LogP contribution in [-0.4, -0.2) is 64.5 Å². The predicted molar refractivity (Wildman–Crippen MR) is 165 cm³/mol. The third-order valence-corrected chi connectivity index (χ3v) is 7.97. The molecule has 1 unspecified atom stereocenters. The van der Waals surface area contributed by atoms with E-state index in [-0.39, 0.29) is 11.4 Å². The highest BCUT2D eigenvalue weighted by atomic mass is 16.2. The minimum Gasteiger partial charge on any atom is -0.339 e. The number of hydrogen-bond acceptors (Lipinski definition) is 6. The zero-order valence-electron chi connectivity index (χ0n) is 25.2. The van der Waals surface area contributed by atoms with E-state index in [1.54, 1.807) is 84.4 Å². The van der Waals surface area contributed by atoms with Crippen molar-refractivity contribution in [2.75, 3.05) is 30.9 Å². The monoisotopic (exact) mass is 586 g/mol. The number of aromatic nitrogens is 3. The number of carbonyl (C=O) groups excluding carboxylic acids is 3. The van der Waals surface area contributed by atoms with Gasteiger partial charge in [-0.2, -0.15) is 0 Å². The van der Waals surface area contributed by atoms with Gasteiger partial charge in [0.1, 0.15) is 0 Å². The number of rotatable bonds is 9. The number of allylic oxidation sites excluding steroid dienone is 2. The molecule has 12 heteroatoms. The topological polar surface area (TPSA) is 127 Å². The van der Waals surface area contributed by atoms with Gasteiger partial charge in [-0.3, -0.25) is 14.4 Å². The second kappa shape index (κ2) is 11.6. The molecule has 224 valence electrons. The number of likely N-dealkylation sites (N-methyl/N-ethyl adjacent to an activating group) is 1. The average Bonchev–Trinajstić information content (AvgIpc) is 2.98. The molecule has 3 amide bonds. The number of aryl methyl sites for hydroxylation is 2. The Hall–Kier alpha value is -5.26.